The molecule has 0 spiro atoms. The van der Waals surface area contributed by atoms with E-state index in [1.165, 1.54) is 11.6 Å². The van der Waals surface area contributed by atoms with Gasteiger partial charge in [0.25, 0.3) is 0 Å². The lowest BCUT2D eigenvalue weighted by Crippen LogP contribution is -2.33. The van der Waals surface area contributed by atoms with Gasteiger partial charge < -0.3 is 0 Å². The van der Waals surface area contributed by atoms with Crippen molar-refractivity contribution in [3.05, 3.63) is 42.0 Å². The summed E-state index contributed by atoms with van der Waals surface area (Å²) in [6.07, 6.45) is 2.39. The fourth-order valence-corrected chi connectivity index (χ4v) is 3.91. The highest BCUT2D eigenvalue weighted by Gasteiger charge is 2.32. The second-order valence-electron chi connectivity index (χ2n) is 4.07. The van der Waals surface area contributed by atoms with Crippen LogP contribution in [-0.4, -0.2) is 8.07 Å². The van der Waals surface area contributed by atoms with E-state index < -0.39 is 8.07 Å². The first-order valence-electron chi connectivity index (χ1n) is 4.46. The van der Waals surface area contributed by atoms with Crippen molar-refractivity contribution in [2.75, 3.05) is 0 Å². The average molecular weight is 174 g/mol. The van der Waals surface area contributed by atoms with Crippen LogP contribution < -0.4 is 0 Å². The zero-order chi connectivity index (χ0) is 8.60. The lowest BCUT2D eigenvalue weighted by atomic mass is 10.2. The molecule has 0 amide bonds. The molecular weight excluding hydrogens is 160 g/mol. The number of allylic oxidation sites excluding steroid dienone is 1. The summed E-state index contributed by atoms with van der Waals surface area (Å²) < 4.78 is 0. The van der Waals surface area contributed by atoms with Crippen molar-refractivity contribution in [1.82, 2.24) is 0 Å². The van der Waals surface area contributed by atoms with Gasteiger partial charge in [-0.1, -0.05) is 54.7 Å². The highest BCUT2D eigenvalue weighted by molar-refractivity contribution is 6.98. The summed E-state index contributed by atoms with van der Waals surface area (Å²) >= 11 is 0. The minimum Gasteiger partial charge on any atom is -0.0870 e. The van der Waals surface area contributed by atoms with Gasteiger partial charge in [0.15, 0.2) is 0 Å². The molecule has 1 aliphatic heterocycles. The van der Waals surface area contributed by atoms with Crippen LogP contribution >= 0.6 is 0 Å². The quantitative estimate of drug-likeness (QED) is 0.573. The molecule has 0 atom stereocenters. The van der Waals surface area contributed by atoms with Crippen molar-refractivity contribution >= 4 is 13.3 Å². The van der Waals surface area contributed by atoms with Crippen LogP contribution in [0.5, 0.6) is 0 Å². The van der Waals surface area contributed by atoms with Gasteiger partial charge in [0.2, 0.25) is 0 Å². The summed E-state index contributed by atoms with van der Waals surface area (Å²) in [7, 11) is -0.960. The van der Waals surface area contributed by atoms with Gasteiger partial charge in [-0.05, 0) is 11.6 Å². The minimum atomic E-state index is -0.960. The molecule has 0 saturated heterocycles. The van der Waals surface area contributed by atoms with Crippen LogP contribution in [0.2, 0.25) is 19.1 Å². The largest absolute Gasteiger partial charge is 0.0870 e. The SMILES string of the molecule is C[Si]1(C)CC=C1c1ccccc1. The Morgan fingerprint density at radius 1 is 1.08 bits per heavy atom. The summed E-state index contributed by atoms with van der Waals surface area (Å²) in [5.41, 5.74) is 1.44. The van der Waals surface area contributed by atoms with Crippen LogP contribution in [0.15, 0.2) is 36.4 Å². The molecule has 0 aliphatic carbocycles. The molecule has 12 heavy (non-hydrogen) atoms. The maximum atomic E-state index is 2.44. The Balaban J connectivity index is 2.35. The van der Waals surface area contributed by atoms with Crippen LogP contribution in [0.1, 0.15) is 5.56 Å². The molecule has 62 valence electrons. The summed E-state index contributed by atoms with van der Waals surface area (Å²) in [4.78, 5) is 0. The molecule has 0 saturated carbocycles. The van der Waals surface area contributed by atoms with E-state index in [1.54, 1.807) is 5.20 Å². The van der Waals surface area contributed by atoms with Gasteiger partial charge in [-0.15, -0.1) is 0 Å². The van der Waals surface area contributed by atoms with Crippen molar-refractivity contribution < 1.29 is 0 Å². The Kier molecular flexibility index (Phi) is 1.69. The van der Waals surface area contributed by atoms with Crippen molar-refractivity contribution in [3.8, 4) is 0 Å². The molecule has 1 aromatic rings. The summed E-state index contributed by atoms with van der Waals surface area (Å²) in [6, 6.07) is 12.1. The summed E-state index contributed by atoms with van der Waals surface area (Å²) in [6.45, 7) is 4.88. The molecule has 0 fully saturated rings. The Labute approximate surface area is 74.9 Å². The van der Waals surface area contributed by atoms with Crippen LogP contribution in [-0.2, 0) is 0 Å². The van der Waals surface area contributed by atoms with Crippen LogP contribution in [0.4, 0.5) is 0 Å². The van der Waals surface area contributed by atoms with Gasteiger partial charge >= 0.3 is 0 Å². The van der Waals surface area contributed by atoms with Crippen LogP contribution in [0.25, 0.3) is 5.20 Å². The first-order chi connectivity index (χ1) is 5.70. The Morgan fingerprint density at radius 2 is 1.75 bits per heavy atom. The van der Waals surface area contributed by atoms with Crippen molar-refractivity contribution in [2.45, 2.75) is 19.1 Å². The van der Waals surface area contributed by atoms with Crippen molar-refractivity contribution in [3.63, 3.8) is 0 Å². The third-order valence-corrected chi connectivity index (χ3v) is 5.81. The van der Waals surface area contributed by atoms with Crippen molar-refractivity contribution in [2.24, 2.45) is 0 Å². The van der Waals surface area contributed by atoms with E-state index in [0.717, 1.165) is 0 Å². The number of benzene rings is 1. The van der Waals surface area contributed by atoms with Crippen LogP contribution in [0.3, 0.4) is 0 Å². The van der Waals surface area contributed by atoms with Gasteiger partial charge in [-0.25, -0.2) is 0 Å². The highest BCUT2D eigenvalue weighted by Crippen LogP contribution is 2.37. The first kappa shape index (κ1) is 7.81. The lowest BCUT2D eigenvalue weighted by Gasteiger charge is -2.33. The third kappa shape index (κ3) is 1.14. The first-order valence-corrected chi connectivity index (χ1v) is 7.67. The predicted molar refractivity (Wildman–Crippen MR) is 56.7 cm³/mol. The van der Waals surface area contributed by atoms with E-state index in [2.05, 4.69) is 49.5 Å². The normalized spacial score (nSPS) is 19.7. The van der Waals surface area contributed by atoms with Gasteiger partial charge in [0.05, 0.1) is 8.07 Å². The zero-order valence-electron chi connectivity index (χ0n) is 7.67. The second kappa shape index (κ2) is 2.59. The molecule has 1 aliphatic rings. The molecule has 1 aromatic carbocycles. The number of rotatable bonds is 1. The molecule has 0 radical (unpaired) electrons. The molecular formula is C11H14Si. The van der Waals surface area contributed by atoms with E-state index in [1.807, 2.05) is 0 Å². The number of hydrogen-bond acceptors (Lipinski definition) is 0. The predicted octanol–water partition coefficient (Wildman–Crippen LogP) is 3.33. The van der Waals surface area contributed by atoms with Gasteiger partial charge in [0, 0.05) is 0 Å². The molecule has 1 heteroatoms. The number of hydrogen-bond donors (Lipinski definition) is 0. The fourth-order valence-electron chi connectivity index (χ4n) is 1.74. The van der Waals surface area contributed by atoms with Crippen molar-refractivity contribution in [1.29, 1.82) is 0 Å². The van der Waals surface area contributed by atoms with Crippen LogP contribution in [0, 0.1) is 0 Å². The molecule has 0 nitrogen and oxygen atoms in total. The second-order valence-corrected chi connectivity index (χ2v) is 8.79. The Morgan fingerprint density at radius 3 is 2.17 bits per heavy atom. The standard InChI is InChI=1S/C11H14Si/c1-12(2)9-8-11(12)10-6-4-3-5-7-10/h3-8H,9H2,1-2H3. The minimum absolute atomic E-state index is 0.960. The molecule has 2 rings (SSSR count). The summed E-state index contributed by atoms with van der Waals surface area (Å²) in [5.74, 6) is 0. The fraction of sp³-hybridized carbons (Fsp3) is 0.273. The molecule has 0 aromatic heterocycles. The van der Waals surface area contributed by atoms with E-state index in [4.69, 9.17) is 0 Å². The maximum Gasteiger partial charge on any atom is 0.0846 e. The van der Waals surface area contributed by atoms with Gasteiger partial charge in [0.1, 0.15) is 0 Å². The summed E-state index contributed by atoms with van der Waals surface area (Å²) in [5, 5.41) is 1.64. The molecule has 0 bridgehead atoms. The zero-order valence-corrected chi connectivity index (χ0v) is 8.67. The lowest BCUT2D eigenvalue weighted by molar-refractivity contribution is 1.45. The molecule has 1 heterocycles. The van der Waals surface area contributed by atoms with E-state index >= 15 is 0 Å². The maximum absolute atomic E-state index is 2.44. The van der Waals surface area contributed by atoms with E-state index in [-0.39, 0.29) is 0 Å². The topological polar surface area (TPSA) is 0 Å². The smallest absolute Gasteiger partial charge is 0.0846 e. The molecule has 0 unspecified atom stereocenters. The highest BCUT2D eigenvalue weighted by atomic mass is 28.3. The third-order valence-electron chi connectivity index (χ3n) is 2.63. The monoisotopic (exact) mass is 174 g/mol. The Hall–Kier alpha value is -0.823. The van der Waals surface area contributed by atoms with Gasteiger partial charge in [-0.3, -0.25) is 0 Å². The van der Waals surface area contributed by atoms with Gasteiger partial charge in [-0.2, -0.15) is 0 Å². The molecule has 0 N–H and O–H groups in total. The van der Waals surface area contributed by atoms with E-state index in [9.17, 15) is 0 Å². The Bertz CT molecular complexity index is 309. The average Bonchev–Trinajstić information content (AvgIpc) is 2.05. The van der Waals surface area contributed by atoms with E-state index in [0.29, 0.717) is 0 Å².